The van der Waals surface area contributed by atoms with Crippen LogP contribution in [0.4, 0.5) is 0 Å². The molecule has 4 aromatic rings. The summed E-state index contributed by atoms with van der Waals surface area (Å²) in [5.41, 5.74) is 3.08. The number of hydrogen-bond donors (Lipinski definition) is 0. The summed E-state index contributed by atoms with van der Waals surface area (Å²) in [6.45, 7) is 4.49. The zero-order chi connectivity index (χ0) is 19.0. The van der Waals surface area contributed by atoms with Crippen molar-refractivity contribution in [2.45, 2.75) is 13.8 Å². The van der Waals surface area contributed by atoms with Gasteiger partial charge in [-0.05, 0) is 32.1 Å². The van der Waals surface area contributed by atoms with Crippen LogP contribution in [0.1, 0.15) is 18.1 Å². The summed E-state index contributed by atoms with van der Waals surface area (Å²) in [6.07, 6.45) is 6.56. The van der Waals surface area contributed by atoms with Crippen molar-refractivity contribution in [3.8, 4) is 5.69 Å². The highest BCUT2D eigenvalue weighted by Crippen LogP contribution is 2.36. The maximum atomic E-state index is 13.0. The van der Waals surface area contributed by atoms with Crippen molar-refractivity contribution < 1.29 is 4.74 Å². The van der Waals surface area contributed by atoms with Gasteiger partial charge in [0.05, 0.1) is 34.5 Å². The molecule has 0 fully saturated rings. The zero-order valence-corrected chi connectivity index (χ0v) is 16.3. The number of aromatic nitrogens is 3. The number of ether oxygens (including phenoxy) is 1. The lowest BCUT2D eigenvalue weighted by atomic mass is 10.2. The molecule has 5 nitrogen and oxygen atoms in total. The van der Waals surface area contributed by atoms with E-state index in [1.165, 1.54) is 11.3 Å². The van der Waals surface area contributed by atoms with E-state index < -0.39 is 0 Å². The third-order valence-electron chi connectivity index (χ3n) is 4.20. The van der Waals surface area contributed by atoms with Crippen LogP contribution < -0.4 is 5.56 Å². The van der Waals surface area contributed by atoms with Gasteiger partial charge in [0.15, 0.2) is 0 Å². The van der Waals surface area contributed by atoms with Gasteiger partial charge in [0.25, 0.3) is 5.56 Å². The Bertz CT molecular complexity index is 1230. The second-order valence-corrected chi connectivity index (χ2v) is 7.38. The third kappa shape index (κ3) is 3.11. The molecule has 0 aliphatic carbocycles. The van der Waals surface area contributed by atoms with Crippen molar-refractivity contribution in [3.05, 3.63) is 69.6 Å². The fourth-order valence-corrected chi connectivity index (χ4v) is 4.18. The third-order valence-corrected chi connectivity index (χ3v) is 5.68. The topological polar surface area (TPSA) is 57.0 Å². The molecule has 27 heavy (non-hydrogen) atoms. The minimum absolute atomic E-state index is 0.130. The summed E-state index contributed by atoms with van der Waals surface area (Å²) in [5, 5.41) is 1.21. The second kappa shape index (κ2) is 7.13. The predicted molar refractivity (Wildman–Crippen MR) is 111 cm³/mol. The molecule has 0 amide bonds. The summed E-state index contributed by atoms with van der Waals surface area (Å²) < 4.78 is 7.31. The van der Waals surface area contributed by atoms with Crippen molar-refractivity contribution in [1.82, 2.24) is 14.5 Å². The van der Waals surface area contributed by atoms with E-state index in [0.717, 1.165) is 16.8 Å². The number of nitrogens with zero attached hydrogens (tertiary/aromatic N) is 3. The number of fused-ring (bicyclic) bond motifs is 3. The van der Waals surface area contributed by atoms with Gasteiger partial charge in [0.1, 0.15) is 15.9 Å². The standard InChI is InChI=1S/C20H16ClN3O2S/c1-3-26-9-8-13-10-22-19-15(16(13)21)17-18(27-19)20(25)24(11-23-17)14-6-4-12(2)5-7-14/h4-11H,3H2,1-2H3/b9-8+. The van der Waals surface area contributed by atoms with Crippen LogP contribution in [0.15, 0.2) is 47.8 Å². The van der Waals surface area contributed by atoms with Crippen LogP contribution >= 0.6 is 22.9 Å². The lowest BCUT2D eigenvalue weighted by Crippen LogP contribution is -2.17. The second-order valence-electron chi connectivity index (χ2n) is 6.00. The van der Waals surface area contributed by atoms with Gasteiger partial charge in [0, 0.05) is 11.8 Å². The van der Waals surface area contributed by atoms with Crippen LogP contribution in [-0.2, 0) is 4.74 Å². The molecule has 4 rings (SSSR count). The first-order valence-electron chi connectivity index (χ1n) is 8.43. The number of aryl methyl sites for hydroxylation is 1. The Morgan fingerprint density at radius 2 is 2.04 bits per heavy atom. The molecule has 0 unspecified atom stereocenters. The van der Waals surface area contributed by atoms with Crippen molar-refractivity contribution in [1.29, 1.82) is 0 Å². The average Bonchev–Trinajstić information content (AvgIpc) is 3.05. The zero-order valence-electron chi connectivity index (χ0n) is 14.8. The van der Waals surface area contributed by atoms with E-state index in [9.17, 15) is 4.79 Å². The molecule has 0 aliphatic rings. The van der Waals surface area contributed by atoms with Gasteiger partial charge in [-0.15, -0.1) is 11.3 Å². The Kier molecular flexibility index (Phi) is 4.68. The van der Waals surface area contributed by atoms with Crippen molar-refractivity contribution in [2.75, 3.05) is 6.61 Å². The van der Waals surface area contributed by atoms with Crippen molar-refractivity contribution in [2.24, 2.45) is 0 Å². The lowest BCUT2D eigenvalue weighted by molar-refractivity contribution is 0.272. The summed E-state index contributed by atoms with van der Waals surface area (Å²) in [5.74, 6) is 0. The number of benzene rings is 1. The predicted octanol–water partition coefficient (Wildman–Crippen LogP) is 4.96. The average molecular weight is 398 g/mol. The Labute approximate surface area is 164 Å². The van der Waals surface area contributed by atoms with Gasteiger partial charge in [-0.1, -0.05) is 29.3 Å². The Hall–Kier alpha value is -2.70. The minimum Gasteiger partial charge on any atom is -0.501 e. The summed E-state index contributed by atoms with van der Waals surface area (Å²) in [4.78, 5) is 22.7. The quantitative estimate of drug-likeness (QED) is 0.456. The van der Waals surface area contributed by atoms with Crippen LogP contribution in [-0.4, -0.2) is 21.1 Å². The normalized spacial score (nSPS) is 11.7. The Morgan fingerprint density at radius 3 is 2.78 bits per heavy atom. The maximum absolute atomic E-state index is 13.0. The molecule has 0 spiro atoms. The summed E-state index contributed by atoms with van der Waals surface area (Å²) in [7, 11) is 0. The SMILES string of the molecule is CCO/C=C/c1cnc2sc3c(=O)n(-c4ccc(C)cc4)cnc3c2c1Cl. The summed E-state index contributed by atoms with van der Waals surface area (Å²) >= 11 is 7.88. The monoisotopic (exact) mass is 397 g/mol. The van der Waals surface area contributed by atoms with Gasteiger partial charge < -0.3 is 4.74 Å². The largest absolute Gasteiger partial charge is 0.501 e. The van der Waals surface area contributed by atoms with E-state index >= 15 is 0 Å². The number of hydrogen-bond acceptors (Lipinski definition) is 5. The Morgan fingerprint density at radius 1 is 1.26 bits per heavy atom. The fourth-order valence-electron chi connectivity index (χ4n) is 2.80. The van der Waals surface area contributed by atoms with Crippen LogP contribution in [0.3, 0.4) is 0 Å². The molecule has 1 aromatic carbocycles. The number of pyridine rings is 1. The van der Waals surface area contributed by atoms with E-state index in [4.69, 9.17) is 16.3 Å². The first-order chi connectivity index (χ1) is 13.1. The molecule has 0 radical (unpaired) electrons. The van der Waals surface area contributed by atoms with Gasteiger partial charge in [-0.2, -0.15) is 0 Å². The van der Waals surface area contributed by atoms with Crippen molar-refractivity contribution in [3.63, 3.8) is 0 Å². The molecular weight excluding hydrogens is 382 g/mol. The smallest absolute Gasteiger partial charge is 0.275 e. The van der Waals surface area contributed by atoms with Crippen LogP contribution in [0.5, 0.6) is 0 Å². The van der Waals surface area contributed by atoms with E-state index in [1.54, 1.807) is 29.4 Å². The fraction of sp³-hybridized carbons (Fsp3) is 0.150. The maximum Gasteiger partial charge on any atom is 0.275 e. The van der Waals surface area contributed by atoms with Gasteiger partial charge in [0.2, 0.25) is 0 Å². The van der Waals surface area contributed by atoms with E-state index in [2.05, 4.69) is 9.97 Å². The molecule has 0 atom stereocenters. The number of halogens is 1. The van der Waals surface area contributed by atoms with Crippen LogP contribution in [0.25, 0.3) is 32.2 Å². The van der Waals surface area contributed by atoms with E-state index in [1.807, 2.05) is 38.1 Å². The first kappa shape index (κ1) is 17.7. The number of rotatable bonds is 4. The van der Waals surface area contributed by atoms with Crippen LogP contribution in [0.2, 0.25) is 5.02 Å². The van der Waals surface area contributed by atoms with Gasteiger partial charge >= 0.3 is 0 Å². The Balaban J connectivity index is 1.92. The molecule has 136 valence electrons. The lowest BCUT2D eigenvalue weighted by Gasteiger charge is -2.05. The molecular formula is C20H16ClN3O2S. The van der Waals surface area contributed by atoms with E-state index in [-0.39, 0.29) is 5.56 Å². The minimum atomic E-state index is -0.130. The molecule has 0 N–H and O–H groups in total. The molecule has 0 aliphatic heterocycles. The number of thiophene rings is 1. The van der Waals surface area contributed by atoms with Gasteiger partial charge in [-0.25, -0.2) is 9.97 Å². The highest BCUT2D eigenvalue weighted by molar-refractivity contribution is 7.25. The molecule has 0 bridgehead atoms. The summed E-state index contributed by atoms with van der Waals surface area (Å²) in [6, 6.07) is 7.73. The van der Waals surface area contributed by atoms with E-state index in [0.29, 0.717) is 32.1 Å². The highest BCUT2D eigenvalue weighted by Gasteiger charge is 2.17. The molecule has 3 aromatic heterocycles. The first-order valence-corrected chi connectivity index (χ1v) is 9.63. The van der Waals surface area contributed by atoms with Gasteiger partial charge in [-0.3, -0.25) is 9.36 Å². The molecule has 7 heteroatoms. The van der Waals surface area contributed by atoms with Crippen LogP contribution in [0, 0.1) is 6.92 Å². The van der Waals surface area contributed by atoms with Crippen molar-refractivity contribution >= 4 is 49.4 Å². The molecule has 0 saturated heterocycles. The molecule has 3 heterocycles. The highest BCUT2D eigenvalue weighted by atomic mass is 35.5. The molecule has 0 saturated carbocycles.